The van der Waals surface area contributed by atoms with Crippen molar-refractivity contribution in [2.24, 2.45) is 0 Å². The van der Waals surface area contributed by atoms with Crippen molar-refractivity contribution >= 4 is 11.4 Å². The Bertz CT molecular complexity index is 994. The van der Waals surface area contributed by atoms with Crippen molar-refractivity contribution < 1.29 is 19.5 Å². The van der Waals surface area contributed by atoms with Crippen LogP contribution in [0.4, 0.5) is 11.4 Å². The van der Waals surface area contributed by atoms with Gasteiger partial charge in [0.2, 0.25) is 0 Å². The monoisotopic (exact) mass is 408 g/mol. The Balaban J connectivity index is 1.94. The molecule has 7 nitrogen and oxygen atoms in total. The van der Waals surface area contributed by atoms with E-state index in [1.165, 1.54) is 12.1 Å². The number of nitrogens with one attached hydrogen (secondary N) is 1. The zero-order valence-electron chi connectivity index (χ0n) is 16.8. The molecule has 0 aromatic heterocycles. The fourth-order valence-electron chi connectivity index (χ4n) is 3.29. The van der Waals surface area contributed by atoms with E-state index in [0.29, 0.717) is 23.6 Å². The van der Waals surface area contributed by atoms with Gasteiger partial charge in [-0.25, -0.2) is 0 Å². The molecule has 0 aliphatic carbocycles. The quantitative estimate of drug-likeness (QED) is 0.387. The summed E-state index contributed by atoms with van der Waals surface area (Å²) in [6.45, 7) is 0. The minimum Gasteiger partial charge on any atom is -0.493 e. The van der Waals surface area contributed by atoms with Crippen molar-refractivity contribution in [3.05, 3.63) is 94.0 Å². The van der Waals surface area contributed by atoms with Crippen LogP contribution in [0, 0.1) is 10.1 Å². The van der Waals surface area contributed by atoms with Gasteiger partial charge < -0.3 is 19.9 Å². The standard InChI is InChI=1S/C23H24N2O5/c1-29-22-12-11-17(13-23(22)30-2)20(15-21(26)16-7-4-3-5-8-16)24-18-9-6-10-19(14-18)25(27)28/h3-14,20-21,24,26H,15H2,1-2H3. The Hall–Kier alpha value is -3.58. The zero-order valence-corrected chi connectivity index (χ0v) is 16.8. The summed E-state index contributed by atoms with van der Waals surface area (Å²) in [6, 6.07) is 20.9. The van der Waals surface area contributed by atoms with Crippen molar-refractivity contribution in [1.82, 2.24) is 0 Å². The van der Waals surface area contributed by atoms with Gasteiger partial charge in [-0.2, -0.15) is 0 Å². The highest BCUT2D eigenvalue weighted by molar-refractivity contribution is 5.53. The molecule has 0 heterocycles. The van der Waals surface area contributed by atoms with Crippen LogP contribution in [0.15, 0.2) is 72.8 Å². The molecular weight excluding hydrogens is 384 g/mol. The number of ether oxygens (including phenoxy) is 2. The average Bonchev–Trinajstić information content (AvgIpc) is 2.78. The Morgan fingerprint density at radius 1 is 0.933 bits per heavy atom. The van der Waals surface area contributed by atoms with Crippen molar-refractivity contribution in [3.8, 4) is 11.5 Å². The van der Waals surface area contributed by atoms with Gasteiger partial charge in [-0.3, -0.25) is 10.1 Å². The molecule has 2 unspecified atom stereocenters. The first-order chi connectivity index (χ1) is 14.5. The van der Waals surface area contributed by atoms with E-state index in [9.17, 15) is 15.2 Å². The SMILES string of the molecule is COc1ccc(C(CC(O)c2ccccc2)Nc2cccc([N+](=O)[O-])c2)cc1OC. The summed E-state index contributed by atoms with van der Waals surface area (Å²) in [7, 11) is 3.12. The summed E-state index contributed by atoms with van der Waals surface area (Å²) in [4.78, 5) is 10.7. The topological polar surface area (TPSA) is 93.9 Å². The number of aliphatic hydroxyl groups excluding tert-OH is 1. The number of non-ortho nitro benzene ring substituents is 1. The summed E-state index contributed by atoms with van der Waals surface area (Å²) >= 11 is 0. The van der Waals surface area contributed by atoms with Crippen molar-refractivity contribution in [1.29, 1.82) is 0 Å². The lowest BCUT2D eigenvalue weighted by Gasteiger charge is -2.24. The van der Waals surface area contributed by atoms with E-state index in [4.69, 9.17) is 9.47 Å². The van der Waals surface area contributed by atoms with E-state index in [1.54, 1.807) is 32.4 Å². The van der Waals surface area contributed by atoms with Gasteiger partial charge >= 0.3 is 0 Å². The molecule has 2 atom stereocenters. The average molecular weight is 408 g/mol. The van der Waals surface area contributed by atoms with Crippen LogP contribution in [-0.2, 0) is 0 Å². The van der Waals surface area contributed by atoms with Crippen LogP contribution in [0.25, 0.3) is 0 Å². The molecule has 156 valence electrons. The smallest absolute Gasteiger partial charge is 0.271 e. The van der Waals surface area contributed by atoms with Crippen LogP contribution in [0.5, 0.6) is 11.5 Å². The molecule has 0 bridgehead atoms. The molecule has 2 N–H and O–H groups in total. The van der Waals surface area contributed by atoms with Crippen LogP contribution in [0.1, 0.15) is 29.7 Å². The molecule has 0 radical (unpaired) electrons. The fourth-order valence-corrected chi connectivity index (χ4v) is 3.29. The summed E-state index contributed by atoms with van der Waals surface area (Å²) in [5, 5.41) is 25.2. The second-order valence-corrected chi connectivity index (χ2v) is 6.78. The fraction of sp³-hybridized carbons (Fsp3) is 0.217. The van der Waals surface area contributed by atoms with Gasteiger partial charge in [0, 0.05) is 24.2 Å². The molecule has 0 spiro atoms. The third kappa shape index (κ3) is 5.07. The number of benzene rings is 3. The van der Waals surface area contributed by atoms with Gasteiger partial charge in [0.1, 0.15) is 0 Å². The van der Waals surface area contributed by atoms with E-state index in [2.05, 4.69) is 5.32 Å². The first-order valence-corrected chi connectivity index (χ1v) is 9.47. The number of rotatable bonds is 9. The Morgan fingerprint density at radius 3 is 2.33 bits per heavy atom. The predicted octanol–water partition coefficient (Wildman–Crippen LogP) is 4.89. The van der Waals surface area contributed by atoms with Gasteiger partial charge in [-0.05, 0) is 29.3 Å². The minimum absolute atomic E-state index is 0.00494. The normalized spacial score (nSPS) is 12.6. The van der Waals surface area contributed by atoms with E-state index in [0.717, 1.165) is 11.1 Å². The molecule has 0 aliphatic rings. The van der Waals surface area contributed by atoms with Crippen LogP contribution in [-0.4, -0.2) is 24.2 Å². The lowest BCUT2D eigenvalue weighted by atomic mass is 9.96. The highest BCUT2D eigenvalue weighted by atomic mass is 16.6. The largest absolute Gasteiger partial charge is 0.493 e. The maximum atomic E-state index is 11.1. The molecule has 7 heteroatoms. The number of methoxy groups -OCH3 is 2. The maximum absolute atomic E-state index is 11.1. The van der Waals surface area contributed by atoms with Crippen LogP contribution >= 0.6 is 0 Å². The number of aliphatic hydroxyl groups is 1. The summed E-state index contributed by atoms with van der Waals surface area (Å²) < 4.78 is 10.7. The molecule has 3 aromatic rings. The first-order valence-electron chi connectivity index (χ1n) is 9.47. The van der Waals surface area contributed by atoms with Crippen LogP contribution in [0.3, 0.4) is 0 Å². The Kier molecular flexibility index (Phi) is 6.87. The van der Waals surface area contributed by atoms with Crippen molar-refractivity contribution in [3.63, 3.8) is 0 Å². The van der Waals surface area contributed by atoms with Gasteiger partial charge in [-0.1, -0.05) is 42.5 Å². The third-order valence-corrected chi connectivity index (χ3v) is 4.85. The molecule has 0 saturated carbocycles. The molecule has 0 amide bonds. The molecule has 3 rings (SSSR count). The van der Waals surface area contributed by atoms with Crippen molar-refractivity contribution in [2.75, 3.05) is 19.5 Å². The number of anilines is 1. The first kappa shape index (κ1) is 21.1. The van der Waals surface area contributed by atoms with E-state index >= 15 is 0 Å². The van der Waals surface area contributed by atoms with Gasteiger partial charge in [0.15, 0.2) is 11.5 Å². The second-order valence-electron chi connectivity index (χ2n) is 6.78. The molecular formula is C23H24N2O5. The number of nitrogens with zero attached hydrogens (tertiary/aromatic N) is 1. The highest BCUT2D eigenvalue weighted by Crippen LogP contribution is 2.35. The maximum Gasteiger partial charge on any atom is 0.271 e. The predicted molar refractivity (Wildman–Crippen MR) is 115 cm³/mol. The zero-order chi connectivity index (χ0) is 21.5. The molecule has 3 aromatic carbocycles. The summed E-state index contributed by atoms with van der Waals surface area (Å²) in [5.41, 5.74) is 2.23. The molecule has 0 saturated heterocycles. The molecule has 0 aliphatic heterocycles. The van der Waals surface area contributed by atoms with Gasteiger partial charge in [0.25, 0.3) is 5.69 Å². The number of nitro groups is 1. The van der Waals surface area contributed by atoms with E-state index in [1.807, 2.05) is 42.5 Å². The molecule has 0 fully saturated rings. The highest BCUT2D eigenvalue weighted by Gasteiger charge is 2.20. The summed E-state index contributed by atoms with van der Waals surface area (Å²) in [5.74, 6) is 1.16. The van der Waals surface area contributed by atoms with Gasteiger partial charge in [0.05, 0.1) is 31.3 Å². The summed E-state index contributed by atoms with van der Waals surface area (Å²) in [6.07, 6.45) is -0.377. The lowest BCUT2D eigenvalue weighted by molar-refractivity contribution is -0.384. The van der Waals surface area contributed by atoms with Crippen LogP contribution < -0.4 is 14.8 Å². The lowest BCUT2D eigenvalue weighted by Crippen LogP contribution is -2.15. The third-order valence-electron chi connectivity index (χ3n) is 4.85. The second kappa shape index (κ2) is 9.76. The molecule has 30 heavy (non-hydrogen) atoms. The number of hydrogen-bond donors (Lipinski definition) is 2. The Morgan fingerprint density at radius 2 is 1.67 bits per heavy atom. The number of hydrogen-bond acceptors (Lipinski definition) is 6. The van der Waals surface area contributed by atoms with E-state index in [-0.39, 0.29) is 11.7 Å². The van der Waals surface area contributed by atoms with Gasteiger partial charge in [-0.15, -0.1) is 0 Å². The Labute approximate surface area is 175 Å². The minimum atomic E-state index is -0.726. The van der Waals surface area contributed by atoms with E-state index < -0.39 is 11.0 Å². The number of nitro benzene ring substituents is 1. The van der Waals surface area contributed by atoms with Crippen LogP contribution in [0.2, 0.25) is 0 Å². The van der Waals surface area contributed by atoms with Crippen molar-refractivity contribution in [2.45, 2.75) is 18.6 Å².